The molecule has 1 aliphatic carbocycles. The highest BCUT2D eigenvalue weighted by Gasteiger charge is 2.24. The smallest absolute Gasteiger partial charge is 0.274 e. The number of methoxy groups -OCH3 is 1. The molecule has 0 spiro atoms. The van der Waals surface area contributed by atoms with Gasteiger partial charge in [-0.3, -0.25) is 9.36 Å². The number of ether oxygens (including phenoxy) is 1. The average Bonchev–Trinajstić information content (AvgIpc) is 3.10. The zero-order chi connectivity index (χ0) is 16.2. The van der Waals surface area contributed by atoms with E-state index in [2.05, 4.69) is 15.3 Å². The highest BCUT2D eigenvalue weighted by molar-refractivity contribution is 5.95. The van der Waals surface area contributed by atoms with Crippen molar-refractivity contribution < 1.29 is 14.6 Å². The Labute approximate surface area is 134 Å². The fourth-order valence-corrected chi connectivity index (χ4v) is 2.84. The van der Waals surface area contributed by atoms with Crippen LogP contribution in [0.5, 0.6) is 5.75 Å². The molecule has 0 unspecified atom stereocenters. The lowest BCUT2D eigenvalue weighted by molar-refractivity contribution is 0.0598. The van der Waals surface area contributed by atoms with E-state index < -0.39 is 0 Å². The fraction of sp³-hybridized carbons (Fsp3) is 0.438. The summed E-state index contributed by atoms with van der Waals surface area (Å²) in [7, 11) is 1.72. The van der Waals surface area contributed by atoms with E-state index in [0.717, 1.165) is 25.7 Å². The molecule has 0 radical (unpaired) electrons. The second-order valence-corrected chi connectivity index (χ2v) is 5.69. The van der Waals surface area contributed by atoms with Crippen molar-refractivity contribution in [2.24, 2.45) is 0 Å². The number of aromatic nitrogens is 3. The Hall–Kier alpha value is -2.41. The molecule has 1 amide bonds. The molecule has 1 fully saturated rings. The molecule has 0 aliphatic heterocycles. The van der Waals surface area contributed by atoms with Crippen molar-refractivity contribution >= 4 is 5.91 Å². The first kappa shape index (κ1) is 15.5. The summed E-state index contributed by atoms with van der Waals surface area (Å²) in [5.74, 6) is 0.0517. The molecule has 7 heteroatoms. The number of carbonyl (C=O) groups is 1. The maximum atomic E-state index is 12.4. The Morgan fingerprint density at radius 3 is 2.78 bits per heavy atom. The molecule has 7 nitrogen and oxygen atoms in total. The Kier molecular flexibility index (Phi) is 4.57. The van der Waals surface area contributed by atoms with Crippen LogP contribution in [0.2, 0.25) is 0 Å². The molecule has 0 bridgehead atoms. The maximum absolute atomic E-state index is 12.4. The first-order valence-electron chi connectivity index (χ1n) is 7.69. The number of amides is 1. The molecular weight excluding hydrogens is 296 g/mol. The van der Waals surface area contributed by atoms with Crippen LogP contribution in [0.1, 0.15) is 36.2 Å². The normalized spacial score (nSPS) is 21.1. The van der Waals surface area contributed by atoms with Crippen molar-refractivity contribution in [2.75, 3.05) is 7.11 Å². The number of hydrogen-bond acceptors (Lipinski definition) is 5. The number of hydrogen-bond donors (Lipinski definition) is 2. The molecule has 2 aromatic rings. The predicted molar refractivity (Wildman–Crippen MR) is 83.5 cm³/mol. The van der Waals surface area contributed by atoms with Gasteiger partial charge in [0.15, 0.2) is 5.69 Å². The largest absolute Gasteiger partial charge is 0.505 e. The Balaban J connectivity index is 1.71. The van der Waals surface area contributed by atoms with Crippen LogP contribution >= 0.6 is 0 Å². The second kappa shape index (κ2) is 6.78. The zero-order valence-electron chi connectivity index (χ0n) is 13.0. The van der Waals surface area contributed by atoms with Crippen LogP contribution in [0, 0.1) is 0 Å². The summed E-state index contributed by atoms with van der Waals surface area (Å²) in [4.78, 5) is 20.6. The number of aromatic hydroxyl groups is 1. The van der Waals surface area contributed by atoms with Crippen molar-refractivity contribution in [3.05, 3.63) is 36.5 Å². The highest BCUT2D eigenvalue weighted by atomic mass is 16.5. The lowest BCUT2D eigenvalue weighted by Crippen LogP contribution is -2.39. The van der Waals surface area contributed by atoms with E-state index in [-0.39, 0.29) is 29.5 Å². The van der Waals surface area contributed by atoms with Crippen molar-refractivity contribution in [1.82, 2.24) is 19.9 Å². The molecule has 3 rings (SSSR count). The molecule has 23 heavy (non-hydrogen) atoms. The number of nitrogens with one attached hydrogen (secondary N) is 1. The monoisotopic (exact) mass is 316 g/mol. The molecule has 2 N–H and O–H groups in total. The maximum Gasteiger partial charge on any atom is 0.274 e. The summed E-state index contributed by atoms with van der Waals surface area (Å²) in [5, 5.41) is 12.9. The number of carbonyl (C=O) groups excluding carboxylic acids is 1. The van der Waals surface area contributed by atoms with E-state index in [0.29, 0.717) is 5.82 Å². The Bertz CT molecular complexity index is 664. The lowest BCUT2D eigenvalue weighted by Gasteiger charge is -2.28. The molecule has 1 aliphatic rings. The van der Waals surface area contributed by atoms with Gasteiger partial charge in [-0.25, -0.2) is 9.97 Å². The van der Waals surface area contributed by atoms with Gasteiger partial charge in [0.25, 0.3) is 5.91 Å². The van der Waals surface area contributed by atoms with Gasteiger partial charge in [-0.1, -0.05) is 0 Å². The molecular formula is C16H20N4O3. The van der Waals surface area contributed by atoms with Gasteiger partial charge in [-0.05, 0) is 37.8 Å². The molecule has 2 aromatic heterocycles. The van der Waals surface area contributed by atoms with Gasteiger partial charge in [-0.15, -0.1) is 0 Å². The molecule has 122 valence electrons. The van der Waals surface area contributed by atoms with E-state index in [1.165, 1.54) is 6.07 Å². The third-order valence-corrected chi connectivity index (χ3v) is 4.19. The number of nitrogens with zero attached hydrogens (tertiary/aromatic N) is 3. The minimum atomic E-state index is -0.356. The van der Waals surface area contributed by atoms with Gasteiger partial charge in [0.2, 0.25) is 0 Å². The summed E-state index contributed by atoms with van der Waals surface area (Å²) >= 11 is 0. The van der Waals surface area contributed by atoms with Crippen molar-refractivity contribution in [3.63, 3.8) is 0 Å². The lowest BCUT2D eigenvalue weighted by atomic mass is 9.93. The van der Waals surface area contributed by atoms with Gasteiger partial charge in [0.05, 0.1) is 6.10 Å². The number of pyridine rings is 1. The second-order valence-electron chi connectivity index (χ2n) is 5.69. The average molecular weight is 316 g/mol. The summed E-state index contributed by atoms with van der Waals surface area (Å²) in [6.07, 6.45) is 8.81. The van der Waals surface area contributed by atoms with Crippen LogP contribution in [0.4, 0.5) is 0 Å². The van der Waals surface area contributed by atoms with E-state index in [1.54, 1.807) is 36.5 Å². The minimum absolute atomic E-state index is 0.0325. The number of rotatable bonds is 4. The standard InChI is InChI=1S/C16H20N4O3/c1-23-12-4-2-11(3-5-12)18-16(22)15-13(21)6-7-14(19-15)20-9-8-17-10-20/h6-12,21H,2-5H2,1H3,(H,18,22). The SMILES string of the molecule is COC1CCC(NC(=O)c2nc(-n3ccnc3)ccc2O)CC1. The van der Waals surface area contributed by atoms with Gasteiger partial charge >= 0.3 is 0 Å². The van der Waals surface area contributed by atoms with Crippen molar-refractivity contribution in [2.45, 2.75) is 37.8 Å². The zero-order valence-corrected chi connectivity index (χ0v) is 13.0. The van der Waals surface area contributed by atoms with E-state index in [9.17, 15) is 9.90 Å². The first-order valence-corrected chi connectivity index (χ1v) is 7.69. The van der Waals surface area contributed by atoms with Gasteiger partial charge in [-0.2, -0.15) is 0 Å². The quantitative estimate of drug-likeness (QED) is 0.895. The minimum Gasteiger partial charge on any atom is -0.505 e. The van der Waals surface area contributed by atoms with Gasteiger partial charge in [0, 0.05) is 25.5 Å². The first-order chi connectivity index (χ1) is 11.2. The predicted octanol–water partition coefficient (Wildman–Crippen LogP) is 1.66. The highest BCUT2D eigenvalue weighted by Crippen LogP contribution is 2.22. The summed E-state index contributed by atoms with van der Waals surface area (Å²) < 4.78 is 7.01. The van der Waals surface area contributed by atoms with E-state index in [4.69, 9.17) is 4.74 Å². The fourth-order valence-electron chi connectivity index (χ4n) is 2.84. The van der Waals surface area contributed by atoms with Gasteiger partial charge < -0.3 is 15.2 Å². The molecule has 0 atom stereocenters. The molecule has 1 saturated carbocycles. The summed E-state index contributed by atoms with van der Waals surface area (Å²) in [5.41, 5.74) is 0.0325. The van der Waals surface area contributed by atoms with Crippen LogP contribution in [-0.4, -0.2) is 44.8 Å². The summed E-state index contributed by atoms with van der Waals surface area (Å²) in [6.45, 7) is 0. The van der Waals surface area contributed by atoms with Crippen molar-refractivity contribution in [3.8, 4) is 11.6 Å². The van der Waals surface area contributed by atoms with Crippen LogP contribution in [-0.2, 0) is 4.74 Å². The van der Waals surface area contributed by atoms with Crippen LogP contribution in [0.15, 0.2) is 30.9 Å². The summed E-state index contributed by atoms with van der Waals surface area (Å²) in [6, 6.07) is 3.20. The molecule has 2 heterocycles. The molecule has 0 aromatic carbocycles. The van der Waals surface area contributed by atoms with Crippen molar-refractivity contribution in [1.29, 1.82) is 0 Å². The van der Waals surface area contributed by atoms with Crippen LogP contribution in [0.3, 0.4) is 0 Å². The third kappa shape index (κ3) is 3.50. The number of imidazole rings is 1. The van der Waals surface area contributed by atoms with E-state index >= 15 is 0 Å². The molecule has 0 saturated heterocycles. The Morgan fingerprint density at radius 1 is 1.35 bits per heavy atom. The van der Waals surface area contributed by atoms with Crippen LogP contribution in [0.25, 0.3) is 5.82 Å². The third-order valence-electron chi connectivity index (χ3n) is 4.19. The van der Waals surface area contributed by atoms with Crippen LogP contribution < -0.4 is 5.32 Å². The topological polar surface area (TPSA) is 89.3 Å². The Morgan fingerprint density at radius 2 is 2.13 bits per heavy atom. The van der Waals surface area contributed by atoms with E-state index in [1.807, 2.05) is 0 Å². The van der Waals surface area contributed by atoms with Gasteiger partial charge in [0.1, 0.15) is 17.9 Å².